The number of hydrogen-bond acceptors (Lipinski definition) is 3. The molecule has 6 heteroatoms. The van der Waals surface area contributed by atoms with Crippen LogP contribution in [0.2, 0.25) is 0 Å². The predicted molar refractivity (Wildman–Crippen MR) is 109 cm³/mol. The van der Waals surface area contributed by atoms with Gasteiger partial charge in [0.1, 0.15) is 11.3 Å². The van der Waals surface area contributed by atoms with Crippen molar-refractivity contribution in [1.29, 1.82) is 0 Å². The summed E-state index contributed by atoms with van der Waals surface area (Å²) in [6.45, 7) is 8.96. The molecule has 1 amide bonds. The first-order chi connectivity index (χ1) is 13.1. The maximum atomic E-state index is 12.1. The maximum absolute atomic E-state index is 12.1. The Kier molecular flexibility index (Phi) is 6.37. The van der Waals surface area contributed by atoms with Gasteiger partial charge in [0.2, 0.25) is 5.91 Å². The first kappa shape index (κ1) is 19.3. The number of nitrogens with one attached hydrogen (secondary N) is 2. The Balaban J connectivity index is 1.54. The second-order valence-electron chi connectivity index (χ2n) is 7.33. The van der Waals surface area contributed by atoms with E-state index in [4.69, 9.17) is 4.42 Å². The van der Waals surface area contributed by atoms with E-state index in [-0.39, 0.29) is 17.9 Å². The summed E-state index contributed by atoms with van der Waals surface area (Å²) < 4.78 is 5.85. The minimum Gasteiger partial charge on any atom is -0.461 e. The minimum absolute atomic E-state index is 0.0504. The van der Waals surface area contributed by atoms with Crippen LogP contribution < -0.4 is 10.6 Å². The summed E-state index contributed by atoms with van der Waals surface area (Å²) >= 11 is 0. The lowest BCUT2D eigenvalue weighted by Crippen LogP contribution is -2.45. The number of furan rings is 1. The highest BCUT2D eigenvalue weighted by molar-refractivity contribution is 5.81. The highest BCUT2D eigenvalue weighted by Crippen LogP contribution is 2.19. The molecule has 1 aliphatic heterocycles. The number of fused-ring (bicyclic) bond motifs is 1. The fraction of sp³-hybridized carbons (Fsp3) is 0.524. The van der Waals surface area contributed by atoms with Crippen molar-refractivity contribution in [3.8, 4) is 0 Å². The molecule has 1 saturated heterocycles. The lowest BCUT2D eigenvalue weighted by atomic mass is 10.2. The molecule has 0 spiro atoms. The van der Waals surface area contributed by atoms with Gasteiger partial charge in [0.15, 0.2) is 5.96 Å². The summed E-state index contributed by atoms with van der Waals surface area (Å²) in [6, 6.07) is 10.4. The molecule has 6 nitrogen and oxygen atoms in total. The van der Waals surface area contributed by atoms with E-state index >= 15 is 0 Å². The molecule has 27 heavy (non-hydrogen) atoms. The number of hydrogen-bond donors (Lipinski definition) is 2. The third-order valence-electron chi connectivity index (χ3n) is 4.78. The topological polar surface area (TPSA) is 69.9 Å². The standard InChI is InChI=1S/C21H30N4O2/c1-4-22-21(24-17-10-12-25(14-17)20(26)15(2)3)23-11-9-18-13-16-7-5-6-8-19(16)27-18/h5-8,13,15,17H,4,9-12,14H2,1-3H3,(H2,22,23,24). The van der Waals surface area contributed by atoms with Gasteiger partial charge in [-0.05, 0) is 25.5 Å². The molecule has 2 aromatic rings. The van der Waals surface area contributed by atoms with Gasteiger partial charge in [0.25, 0.3) is 0 Å². The summed E-state index contributed by atoms with van der Waals surface area (Å²) in [4.78, 5) is 18.8. The van der Waals surface area contributed by atoms with Crippen molar-refractivity contribution in [3.05, 3.63) is 36.1 Å². The van der Waals surface area contributed by atoms with Crippen LogP contribution in [0.25, 0.3) is 11.0 Å². The Morgan fingerprint density at radius 2 is 2.19 bits per heavy atom. The molecular formula is C21H30N4O2. The fourth-order valence-corrected chi connectivity index (χ4v) is 3.39. The molecule has 146 valence electrons. The lowest BCUT2D eigenvalue weighted by molar-refractivity contribution is -0.133. The smallest absolute Gasteiger partial charge is 0.225 e. The molecular weight excluding hydrogens is 340 g/mol. The van der Waals surface area contributed by atoms with Crippen molar-refractivity contribution in [3.63, 3.8) is 0 Å². The van der Waals surface area contributed by atoms with Crippen LogP contribution >= 0.6 is 0 Å². The van der Waals surface area contributed by atoms with Gasteiger partial charge in [0.05, 0.1) is 0 Å². The number of para-hydroxylation sites is 1. The zero-order chi connectivity index (χ0) is 19.2. The van der Waals surface area contributed by atoms with E-state index in [0.717, 1.165) is 55.2 Å². The Labute approximate surface area is 161 Å². The molecule has 1 unspecified atom stereocenters. The van der Waals surface area contributed by atoms with Crippen molar-refractivity contribution in [2.75, 3.05) is 26.2 Å². The van der Waals surface area contributed by atoms with E-state index < -0.39 is 0 Å². The quantitative estimate of drug-likeness (QED) is 0.606. The van der Waals surface area contributed by atoms with Crippen molar-refractivity contribution in [2.45, 2.75) is 39.7 Å². The second kappa shape index (κ2) is 8.93. The normalized spacial score (nSPS) is 17.7. The molecule has 0 radical (unpaired) electrons. The van der Waals surface area contributed by atoms with E-state index in [1.54, 1.807) is 0 Å². The molecule has 3 rings (SSSR count). The van der Waals surface area contributed by atoms with Crippen molar-refractivity contribution >= 4 is 22.8 Å². The van der Waals surface area contributed by atoms with Gasteiger partial charge >= 0.3 is 0 Å². The van der Waals surface area contributed by atoms with Crippen molar-refractivity contribution < 1.29 is 9.21 Å². The number of amides is 1. The Morgan fingerprint density at radius 1 is 1.37 bits per heavy atom. The van der Waals surface area contributed by atoms with Crippen molar-refractivity contribution in [2.24, 2.45) is 10.9 Å². The number of nitrogens with zero attached hydrogens (tertiary/aromatic N) is 2. The molecule has 0 aliphatic carbocycles. The lowest BCUT2D eigenvalue weighted by Gasteiger charge is -2.20. The molecule has 2 heterocycles. The molecule has 1 aromatic carbocycles. The van der Waals surface area contributed by atoms with Gasteiger partial charge in [-0.3, -0.25) is 9.79 Å². The molecule has 1 aromatic heterocycles. The van der Waals surface area contributed by atoms with Crippen LogP contribution in [0.3, 0.4) is 0 Å². The maximum Gasteiger partial charge on any atom is 0.225 e. The molecule has 1 fully saturated rings. The van der Waals surface area contributed by atoms with Gasteiger partial charge in [-0.15, -0.1) is 0 Å². The van der Waals surface area contributed by atoms with Gasteiger partial charge < -0.3 is 20.0 Å². The summed E-state index contributed by atoms with van der Waals surface area (Å²) in [7, 11) is 0. The third-order valence-corrected chi connectivity index (χ3v) is 4.78. The number of aliphatic imine (C=N–C) groups is 1. The Hall–Kier alpha value is -2.50. The zero-order valence-electron chi connectivity index (χ0n) is 16.5. The summed E-state index contributed by atoms with van der Waals surface area (Å²) in [5.41, 5.74) is 0.919. The Bertz CT molecular complexity index is 763. The third kappa shape index (κ3) is 5.02. The minimum atomic E-state index is 0.0504. The second-order valence-corrected chi connectivity index (χ2v) is 7.33. The van der Waals surface area contributed by atoms with Gasteiger partial charge in [-0.1, -0.05) is 32.0 Å². The van der Waals surface area contributed by atoms with Crippen LogP contribution in [-0.4, -0.2) is 49.0 Å². The summed E-state index contributed by atoms with van der Waals surface area (Å²) in [6.07, 6.45) is 1.71. The first-order valence-corrected chi connectivity index (χ1v) is 9.88. The summed E-state index contributed by atoms with van der Waals surface area (Å²) in [5, 5.41) is 7.89. The number of carbonyl (C=O) groups excluding carboxylic acids is 1. The zero-order valence-corrected chi connectivity index (χ0v) is 16.5. The number of guanidine groups is 1. The fourth-order valence-electron chi connectivity index (χ4n) is 3.39. The van der Waals surface area contributed by atoms with E-state index in [2.05, 4.69) is 34.7 Å². The number of rotatable bonds is 6. The van der Waals surface area contributed by atoms with E-state index in [0.29, 0.717) is 6.54 Å². The SMILES string of the molecule is CCNC(=NCCc1cc2ccccc2o1)NC1CCN(C(=O)C(C)C)C1. The van der Waals surface area contributed by atoms with E-state index in [1.807, 2.05) is 36.9 Å². The van der Waals surface area contributed by atoms with Crippen LogP contribution in [0, 0.1) is 5.92 Å². The highest BCUT2D eigenvalue weighted by Gasteiger charge is 2.27. The predicted octanol–water partition coefficient (Wildman–Crippen LogP) is 2.79. The van der Waals surface area contributed by atoms with Crippen LogP contribution in [0.4, 0.5) is 0 Å². The van der Waals surface area contributed by atoms with E-state index in [9.17, 15) is 4.79 Å². The largest absolute Gasteiger partial charge is 0.461 e. The van der Waals surface area contributed by atoms with Gasteiger partial charge in [0, 0.05) is 49.9 Å². The Morgan fingerprint density at radius 3 is 2.93 bits per heavy atom. The molecule has 2 N–H and O–H groups in total. The molecule has 0 bridgehead atoms. The average Bonchev–Trinajstić information content (AvgIpc) is 3.27. The van der Waals surface area contributed by atoms with Crippen molar-refractivity contribution in [1.82, 2.24) is 15.5 Å². The van der Waals surface area contributed by atoms with Crippen LogP contribution in [0.5, 0.6) is 0 Å². The van der Waals surface area contributed by atoms with Crippen LogP contribution in [-0.2, 0) is 11.2 Å². The highest BCUT2D eigenvalue weighted by atomic mass is 16.3. The van der Waals surface area contributed by atoms with Gasteiger partial charge in [-0.25, -0.2) is 0 Å². The van der Waals surface area contributed by atoms with E-state index in [1.165, 1.54) is 0 Å². The monoisotopic (exact) mass is 370 g/mol. The first-order valence-electron chi connectivity index (χ1n) is 9.88. The molecule has 1 aliphatic rings. The molecule has 0 saturated carbocycles. The van der Waals surface area contributed by atoms with Gasteiger partial charge in [-0.2, -0.15) is 0 Å². The molecule has 1 atom stereocenters. The number of benzene rings is 1. The van der Waals surface area contributed by atoms with Crippen LogP contribution in [0.15, 0.2) is 39.7 Å². The van der Waals surface area contributed by atoms with Crippen LogP contribution in [0.1, 0.15) is 33.0 Å². The summed E-state index contributed by atoms with van der Waals surface area (Å²) in [5.74, 6) is 2.03. The number of carbonyl (C=O) groups is 1. The number of likely N-dealkylation sites (tertiary alicyclic amines) is 1. The average molecular weight is 370 g/mol.